The standard InChI is InChI=1S/C11H23N3O3Si/c1-8-18(15-12-9(2)3,16-13-10(4)5)17-14-11(6)7/h8H2,1-7H3. The summed E-state index contributed by atoms with van der Waals surface area (Å²) in [5.41, 5.74) is 2.34. The van der Waals surface area contributed by atoms with Gasteiger partial charge in [0, 0.05) is 17.1 Å². The van der Waals surface area contributed by atoms with E-state index in [0.717, 1.165) is 17.1 Å². The lowest BCUT2D eigenvalue weighted by Crippen LogP contribution is -2.41. The molecule has 0 aliphatic carbocycles. The van der Waals surface area contributed by atoms with Gasteiger partial charge in [0.2, 0.25) is 0 Å². The highest BCUT2D eigenvalue weighted by atomic mass is 28.4. The predicted molar refractivity (Wildman–Crippen MR) is 75.8 cm³/mol. The van der Waals surface area contributed by atoms with Crippen molar-refractivity contribution in [2.24, 2.45) is 15.5 Å². The van der Waals surface area contributed by atoms with E-state index in [-0.39, 0.29) is 0 Å². The molecule has 104 valence electrons. The van der Waals surface area contributed by atoms with Gasteiger partial charge in [-0.2, -0.15) is 0 Å². The summed E-state index contributed by atoms with van der Waals surface area (Å²) in [5.74, 6) is 0. The van der Waals surface area contributed by atoms with Crippen molar-refractivity contribution in [1.29, 1.82) is 0 Å². The maximum Gasteiger partial charge on any atom is 0.762 e. The molecule has 0 aromatic heterocycles. The van der Waals surface area contributed by atoms with Crippen LogP contribution in [0, 0.1) is 0 Å². The van der Waals surface area contributed by atoms with E-state index in [9.17, 15) is 0 Å². The summed E-state index contributed by atoms with van der Waals surface area (Å²) in [7, 11) is -3.02. The van der Waals surface area contributed by atoms with Gasteiger partial charge in [0.1, 0.15) is 0 Å². The number of hydrogen-bond donors (Lipinski definition) is 0. The maximum atomic E-state index is 5.41. The van der Waals surface area contributed by atoms with Gasteiger partial charge in [0.15, 0.2) is 0 Å². The van der Waals surface area contributed by atoms with Crippen molar-refractivity contribution in [1.82, 2.24) is 0 Å². The highest BCUT2D eigenvalue weighted by molar-refractivity contribution is 6.60. The molecular formula is C11H23N3O3Si. The van der Waals surface area contributed by atoms with E-state index >= 15 is 0 Å². The number of hydrogen-bond acceptors (Lipinski definition) is 6. The van der Waals surface area contributed by atoms with Crippen molar-refractivity contribution in [2.75, 3.05) is 0 Å². The third-order valence-corrected chi connectivity index (χ3v) is 3.51. The third-order valence-electron chi connectivity index (χ3n) is 1.53. The molecule has 0 saturated carbocycles. The molecule has 0 fully saturated rings. The summed E-state index contributed by atoms with van der Waals surface area (Å²) in [5, 5.41) is 11.7. The molecule has 0 aliphatic heterocycles. The van der Waals surface area contributed by atoms with Gasteiger partial charge < -0.3 is 13.6 Å². The fourth-order valence-electron chi connectivity index (χ4n) is 0.726. The minimum atomic E-state index is -3.02. The second-order valence-electron chi connectivity index (χ2n) is 4.43. The summed E-state index contributed by atoms with van der Waals surface area (Å²) < 4.78 is 16.2. The fourth-order valence-corrected chi connectivity index (χ4v) is 2.18. The largest absolute Gasteiger partial charge is 0.762 e. The lowest BCUT2D eigenvalue weighted by molar-refractivity contribution is 0.0670. The molecule has 0 amide bonds. The molecule has 7 heteroatoms. The van der Waals surface area contributed by atoms with Crippen LogP contribution in [0.2, 0.25) is 6.04 Å². The maximum absolute atomic E-state index is 5.41. The van der Waals surface area contributed by atoms with Gasteiger partial charge in [-0.15, -0.1) is 15.5 Å². The van der Waals surface area contributed by atoms with Crippen LogP contribution in [0.4, 0.5) is 0 Å². The van der Waals surface area contributed by atoms with Crippen molar-refractivity contribution in [3.63, 3.8) is 0 Å². The number of nitrogens with zero attached hydrogens (tertiary/aromatic N) is 3. The summed E-state index contributed by atoms with van der Waals surface area (Å²) in [6.07, 6.45) is 0. The fraction of sp³-hybridized carbons (Fsp3) is 0.727. The summed E-state index contributed by atoms with van der Waals surface area (Å²) in [6.45, 7) is 12.9. The average molecular weight is 273 g/mol. The van der Waals surface area contributed by atoms with Crippen LogP contribution in [0.1, 0.15) is 48.5 Å². The first-order chi connectivity index (χ1) is 8.31. The smallest absolute Gasteiger partial charge is 0.373 e. The molecule has 18 heavy (non-hydrogen) atoms. The van der Waals surface area contributed by atoms with Gasteiger partial charge in [-0.3, -0.25) is 0 Å². The van der Waals surface area contributed by atoms with E-state index in [4.69, 9.17) is 13.6 Å². The molecular weight excluding hydrogens is 250 g/mol. The molecule has 0 aromatic rings. The van der Waals surface area contributed by atoms with E-state index in [2.05, 4.69) is 15.5 Å². The molecule has 0 aliphatic rings. The molecule has 0 N–H and O–H groups in total. The Morgan fingerprint density at radius 1 is 0.722 bits per heavy atom. The number of rotatable bonds is 7. The Bertz CT molecular complexity index is 291. The molecule has 0 radical (unpaired) electrons. The van der Waals surface area contributed by atoms with Crippen LogP contribution < -0.4 is 0 Å². The lowest BCUT2D eigenvalue weighted by Gasteiger charge is -2.20. The van der Waals surface area contributed by atoms with Crippen LogP contribution in [0.5, 0.6) is 0 Å². The van der Waals surface area contributed by atoms with E-state index in [1.807, 2.05) is 48.5 Å². The van der Waals surface area contributed by atoms with Crippen LogP contribution in [0.25, 0.3) is 0 Å². The van der Waals surface area contributed by atoms with E-state index in [1.54, 1.807) is 0 Å². The zero-order valence-electron chi connectivity index (χ0n) is 12.3. The first-order valence-electron chi connectivity index (χ1n) is 5.89. The van der Waals surface area contributed by atoms with E-state index < -0.39 is 8.80 Å². The Morgan fingerprint density at radius 2 is 1.00 bits per heavy atom. The molecule has 0 atom stereocenters. The van der Waals surface area contributed by atoms with Crippen molar-refractivity contribution in [2.45, 2.75) is 54.5 Å². The minimum absolute atomic E-state index is 0.525. The Labute approximate surface area is 110 Å². The zero-order valence-corrected chi connectivity index (χ0v) is 13.3. The lowest BCUT2D eigenvalue weighted by atomic mass is 10.5. The Morgan fingerprint density at radius 3 is 1.17 bits per heavy atom. The second kappa shape index (κ2) is 7.86. The minimum Gasteiger partial charge on any atom is -0.373 e. The van der Waals surface area contributed by atoms with Gasteiger partial charge in [-0.05, 0) is 41.5 Å². The molecule has 0 aromatic carbocycles. The third kappa shape index (κ3) is 7.05. The van der Waals surface area contributed by atoms with Gasteiger partial charge in [-0.1, -0.05) is 6.92 Å². The van der Waals surface area contributed by atoms with E-state index in [1.165, 1.54) is 0 Å². The van der Waals surface area contributed by atoms with Crippen LogP contribution >= 0.6 is 0 Å². The molecule has 0 saturated heterocycles. The van der Waals surface area contributed by atoms with Crippen LogP contribution in [-0.4, -0.2) is 25.9 Å². The highest BCUT2D eigenvalue weighted by Gasteiger charge is 2.49. The molecule has 0 unspecified atom stereocenters. The van der Waals surface area contributed by atoms with Crippen molar-refractivity contribution < 1.29 is 13.6 Å². The monoisotopic (exact) mass is 273 g/mol. The van der Waals surface area contributed by atoms with Gasteiger partial charge in [0.05, 0.1) is 6.04 Å². The quantitative estimate of drug-likeness (QED) is 0.406. The average Bonchev–Trinajstić information content (AvgIpc) is 2.28. The first kappa shape index (κ1) is 16.6. The van der Waals surface area contributed by atoms with Crippen molar-refractivity contribution in [3.05, 3.63) is 0 Å². The molecule has 0 rings (SSSR count). The summed E-state index contributed by atoms with van der Waals surface area (Å²) in [6, 6.07) is 0.525. The van der Waals surface area contributed by atoms with Crippen LogP contribution in [0.15, 0.2) is 15.5 Å². The zero-order chi connectivity index (χ0) is 14.2. The molecule has 0 bridgehead atoms. The Hall–Kier alpha value is -1.37. The van der Waals surface area contributed by atoms with Crippen LogP contribution in [0.3, 0.4) is 0 Å². The topological polar surface area (TPSA) is 64.8 Å². The van der Waals surface area contributed by atoms with Gasteiger partial charge in [-0.25, -0.2) is 0 Å². The summed E-state index contributed by atoms with van der Waals surface area (Å²) in [4.78, 5) is 0. The van der Waals surface area contributed by atoms with Gasteiger partial charge >= 0.3 is 8.80 Å². The highest BCUT2D eigenvalue weighted by Crippen LogP contribution is 2.17. The Kier molecular flexibility index (Phi) is 7.26. The molecule has 0 heterocycles. The SMILES string of the molecule is CC[Si](ON=C(C)C)(ON=C(C)C)ON=C(C)C. The molecule has 6 nitrogen and oxygen atoms in total. The summed E-state index contributed by atoms with van der Waals surface area (Å²) >= 11 is 0. The Balaban J connectivity index is 4.99. The van der Waals surface area contributed by atoms with Gasteiger partial charge in [0.25, 0.3) is 0 Å². The van der Waals surface area contributed by atoms with Crippen LogP contribution in [-0.2, 0) is 13.6 Å². The van der Waals surface area contributed by atoms with E-state index in [0.29, 0.717) is 6.04 Å². The molecule has 0 spiro atoms. The first-order valence-corrected chi connectivity index (χ1v) is 7.82. The number of oxime groups is 3. The van der Waals surface area contributed by atoms with Crippen molar-refractivity contribution in [3.8, 4) is 0 Å². The van der Waals surface area contributed by atoms with Crippen molar-refractivity contribution >= 4 is 25.9 Å². The normalized spacial score (nSPS) is 10.2. The predicted octanol–water partition coefficient (Wildman–Crippen LogP) is 3.18. The second-order valence-corrected chi connectivity index (χ2v) is 7.05.